The van der Waals surface area contributed by atoms with Crippen molar-refractivity contribution in [1.29, 1.82) is 0 Å². The van der Waals surface area contributed by atoms with Gasteiger partial charge >= 0.3 is 0 Å². The minimum atomic E-state index is -0.522. The first-order valence-electron chi connectivity index (χ1n) is 6.00. The third-order valence-corrected chi connectivity index (χ3v) is 2.91. The van der Waals surface area contributed by atoms with E-state index >= 15 is 0 Å². The summed E-state index contributed by atoms with van der Waals surface area (Å²) in [6.45, 7) is 2.18. The number of carbonyl (C=O) groups excluding carboxylic acids is 1. The van der Waals surface area contributed by atoms with Gasteiger partial charge in [-0.2, -0.15) is 0 Å². The van der Waals surface area contributed by atoms with Gasteiger partial charge in [-0.1, -0.05) is 23.7 Å². The second-order valence-corrected chi connectivity index (χ2v) is 4.62. The van der Waals surface area contributed by atoms with Crippen molar-refractivity contribution >= 4 is 23.6 Å². The van der Waals surface area contributed by atoms with Crippen molar-refractivity contribution in [1.82, 2.24) is 0 Å². The van der Waals surface area contributed by atoms with Crippen molar-refractivity contribution in [3.05, 3.63) is 58.5 Å². The number of amides is 1. The van der Waals surface area contributed by atoms with E-state index in [0.29, 0.717) is 22.3 Å². The van der Waals surface area contributed by atoms with Crippen LogP contribution in [-0.2, 0) is 11.4 Å². The van der Waals surface area contributed by atoms with Crippen molar-refractivity contribution in [3.8, 4) is 5.75 Å². The summed E-state index contributed by atoms with van der Waals surface area (Å²) >= 11 is 6.07. The number of para-hydroxylation sites is 1. The molecule has 4 nitrogen and oxygen atoms in total. The molecular formula is C15H14ClNO3. The Hall–Kier alpha value is -2.20. The van der Waals surface area contributed by atoms with Gasteiger partial charge in [-0.05, 0) is 36.8 Å². The van der Waals surface area contributed by atoms with E-state index in [0.717, 1.165) is 5.56 Å². The number of hydrogen-bond donors (Lipinski definition) is 1. The zero-order valence-corrected chi connectivity index (χ0v) is 11.7. The molecule has 2 N–H and O–H groups in total. The van der Waals surface area contributed by atoms with E-state index in [1.807, 2.05) is 19.1 Å². The van der Waals surface area contributed by atoms with Crippen molar-refractivity contribution < 1.29 is 13.9 Å². The van der Waals surface area contributed by atoms with Crippen LogP contribution in [0.1, 0.15) is 17.1 Å². The fraction of sp³-hybridized carbons (Fsp3) is 0.133. The van der Waals surface area contributed by atoms with Crippen molar-refractivity contribution in [2.45, 2.75) is 13.5 Å². The largest absolute Gasteiger partial charge is 0.484 e. The number of carbonyl (C=O) groups is 1. The van der Waals surface area contributed by atoms with Crippen LogP contribution >= 0.6 is 11.6 Å². The second kappa shape index (κ2) is 6.30. The van der Waals surface area contributed by atoms with Crippen LogP contribution in [0.3, 0.4) is 0 Å². The van der Waals surface area contributed by atoms with Gasteiger partial charge in [-0.25, -0.2) is 0 Å². The molecule has 1 heterocycles. The minimum absolute atomic E-state index is 0.259. The highest BCUT2D eigenvalue weighted by Gasteiger charge is 2.07. The molecule has 0 aliphatic carbocycles. The first kappa shape index (κ1) is 14.2. The molecule has 5 heteroatoms. The third kappa shape index (κ3) is 3.65. The molecule has 0 aliphatic rings. The predicted octanol–water partition coefficient (Wildman–Crippen LogP) is 3.32. The zero-order valence-electron chi connectivity index (χ0n) is 10.9. The third-order valence-electron chi connectivity index (χ3n) is 2.62. The Morgan fingerprint density at radius 1 is 1.40 bits per heavy atom. The first-order valence-corrected chi connectivity index (χ1v) is 6.38. The second-order valence-electron chi connectivity index (χ2n) is 4.21. The smallest absolute Gasteiger partial charge is 0.241 e. The topological polar surface area (TPSA) is 65.5 Å². The van der Waals surface area contributed by atoms with E-state index in [2.05, 4.69) is 0 Å². The molecule has 0 bridgehead atoms. The summed E-state index contributed by atoms with van der Waals surface area (Å²) in [4.78, 5) is 10.6. The Balaban J connectivity index is 2.03. The molecule has 1 amide bonds. The Bertz CT molecular complexity index is 626. The first-order chi connectivity index (χ1) is 9.56. The SMILES string of the molecule is Cc1cccc(Cl)c1OCc1ccc(/C=C\C(N)=O)o1. The maximum Gasteiger partial charge on any atom is 0.241 e. The van der Waals surface area contributed by atoms with E-state index in [1.54, 1.807) is 18.2 Å². The number of nitrogens with two attached hydrogens (primary N) is 1. The number of ether oxygens (including phenoxy) is 1. The summed E-state index contributed by atoms with van der Waals surface area (Å²) in [5.74, 6) is 1.29. The zero-order chi connectivity index (χ0) is 14.5. The molecule has 0 saturated heterocycles. The number of primary amides is 1. The van der Waals surface area contributed by atoms with E-state index in [-0.39, 0.29) is 6.61 Å². The molecule has 0 fully saturated rings. The molecule has 0 atom stereocenters. The predicted molar refractivity (Wildman–Crippen MR) is 77.5 cm³/mol. The van der Waals surface area contributed by atoms with Crippen molar-refractivity contribution in [3.63, 3.8) is 0 Å². The molecule has 0 aliphatic heterocycles. The Kier molecular flexibility index (Phi) is 4.48. The van der Waals surface area contributed by atoms with Crippen LogP contribution in [0.4, 0.5) is 0 Å². The number of hydrogen-bond acceptors (Lipinski definition) is 3. The summed E-state index contributed by atoms with van der Waals surface area (Å²) in [7, 11) is 0. The van der Waals surface area contributed by atoms with E-state index in [4.69, 9.17) is 26.5 Å². The number of furan rings is 1. The Morgan fingerprint density at radius 2 is 2.20 bits per heavy atom. The standard InChI is InChI=1S/C15H14ClNO3/c1-10-3-2-4-13(16)15(10)19-9-12-6-5-11(20-12)7-8-14(17)18/h2-8H,9H2,1H3,(H2,17,18)/b8-7-. The highest BCUT2D eigenvalue weighted by Crippen LogP contribution is 2.28. The van der Waals surface area contributed by atoms with E-state index < -0.39 is 5.91 Å². The van der Waals surface area contributed by atoms with E-state index in [9.17, 15) is 4.79 Å². The normalized spacial score (nSPS) is 10.9. The highest BCUT2D eigenvalue weighted by atomic mass is 35.5. The lowest BCUT2D eigenvalue weighted by molar-refractivity contribution is -0.113. The number of aryl methyl sites for hydroxylation is 1. The number of rotatable bonds is 5. The van der Waals surface area contributed by atoms with Gasteiger partial charge in [0, 0.05) is 6.08 Å². The Morgan fingerprint density at radius 3 is 2.90 bits per heavy atom. The molecule has 0 radical (unpaired) electrons. The van der Waals surface area contributed by atoms with Gasteiger partial charge in [0.2, 0.25) is 5.91 Å². The van der Waals surface area contributed by atoms with Gasteiger partial charge in [0.05, 0.1) is 5.02 Å². The van der Waals surface area contributed by atoms with Crippen LogP contribution in [0.15, 0.2) is 40.8 Å². The van der Waals surface area contributed by atoms with Crippen LogP contribution < -0.4 is 10.5 Å². The quantitative estimate of drug-likeness (QED) is 0.859. The minimum Gasteiger partial charge on any atom is -0.484 e. The lowest BCUT2D eigenvalue weighted by Gasteiger charge is -2.09. The molecule has 2 rings (SSSR count). The van der Waals surface area contributed by atoms with E-state index in [1.165, 1.54) is 12.2 Å². The molecule has 20 heavy (non-hydrogen) atoms. The number of halogens is 1. The molecule has 0 spiro atoms. The van der Waals surface area contributed by atoms with Gasteiger partial charge in [-0.15, -0.1) is 0 Å². The molecule has 0 saturated carbocycles. The van der Waals surface area contributed by atoms with Gasteiger partial charge in [-0.3, -0.25) is 4.79 Å². The Labute approximate surface area is 121 Å². The summed E-state index contributed by atoms with van der Waals surface area (Å²) in [5.41, 5.74) is 5.96. The molecule has 1 aromatic carbocycles. The summed E-state index contributed by atoms with van der Waals surface area (Å²) in [5, 5.41) is 0.561. The maximum absolute atomic E-state index is 10.6. The molecule has 1 aromatic heterocycles. The van der Waals surface area contributed by atoms with Crippen molar-refractivity contribution in [2.24, 2.45) is 5.73 Å². The molecular weight excluding hydrogens is 278 g/mol. The van der Waals surface area contributed by atoms with Crippen LogP contribution in [-0.4, -0.2) is 5.91 Å². The van der Waals surface area contributed by atoms with Crippen molar-refractivity contribution in [2.75, 3.05) is 0 Å². The summed E-state index contributed by atoms with van der Waals surface area (Å²) in [6.07, 6.45) is 2.74. The average Bonchev–Trinajstić information content (AvgIpc) is 2.84. The summed E-state index contributed by atoms with van der Waals surface area (Å²) < 4.78 is 11.1. The molecule has 104 valence electrons. The van der Waals surface area contributed by atoms with Gasteiger partial charge < -0.3 is 14.9 Å². The van der Waals surface area contributed by atoms with Gasteiger partial charge in [0.15, 0.2) is 0 Å². The fourth-order valence-corrected chi connectivity index (χ4v) is 1.94. The lowest BCUT2D eigenvalue weighted by atomic mass is 10.2. The molecule has 2 aromatic rings. The average molecular weight is 292 g/mol. The number of benzene rings is 1. The molecule has 0 unspecified atom stereocenters. The van der Waals surface area contributed by atoms with Crippen LogP contribution in [0.25, 0.3) is 6.08 Å². The van der Waals surface area contributed by atoms with Crippen LogP contribution in [0.5, 0.6) is 5.75 Å². The monoisotopic (exact) mass is 291 g/mol. The van der Waals surface area contributed by atoms with Crippen LogP contribution in [0, 0.1) is 6.92 Å². The fourth-order valence-electron chi connectivity index (χ4n) is 1.67. The maximum atomic E-state index is 10.6. The summed E-state index contributed by atoms with van der Waals surface area (Å²) in [6, 6.07) is 9.06. The lowest BCUT2D eigenvalue weighted by Crippen LogP contribution is -2.04. The van der Waals surface area contributed by atoms with Gasteiger partial charge in [0.1, 0.15) is 23.9 Å². The van der Waals surface area contributed by atoms with Crippen LogP contribution in [0.2, 0.25) is 5.02 Å². The highest BCUT2D eigenvalue weighted by molar-refractivity contribution is 6.32. The van der Waals surface area contributed by atoms with Gasteiger partial charge in [0.25, 0.3) is 0 Å².